The number of methoxy groups -OCH3 is 1. The molecule has 0 spiro atoms. The highest BCUT2D eigenvalue weighted by Crippen LogP contribution is 2.31. The maximum atomic E-state index is 13.0. The van der Waals surface area contributed by atoms with Crippen LogP contribution in [-0.4, -0.2) is 73.2 Å². The van der Waals surface area contributed by atoms with E-state index in [0.29, 0.717) is 19.6 Å². The van der Waals surface area contributed by atoms with Crippen LogP contribution in [0.25, 0.3) is 0 Å². The molecule has 2 unspecified atom stereocenters. The summed E-state index contributed by atoms with van der Waals surface area (Å²) in [4.78, 5) is 27.8. The molecule has 27 heavy (non-hydrogen) atoms. The molecule has 3 rings (SSSR count). The first-order chi connectivity index (χ1) is 13.0. The third-order valence-corrected chi connectivity index (χ3v) is 5.54. The lowest BCUT2D eigenvalue weighted by molar-refractivity contribution is -0.139. The summed E-state index contributed by atoms with van der Waals surface area (Å²) in [6, 6.07) is 5.90. The van der Waals surface area contributed by atoms with Gasteiger partial charge in [0, 0.05) is 19.1 Å². The van der Waals surface area contributed by atoms with Crippen LogP contribution in [0.3, 0.4) is 0 Å². The first-order valence-electron chi connectivity index (χ1n) is 9.48. The van der Waals surface area contributed by atoms with E-state index in [-0.39, 0.29) is 24.4 Å². The van der Waals surface area contributed by atoms with Crippen LogP contribution < -0.4 is 9.47 Å². The van der Waals surface area contributed by atoms with Gasteiger partial charge in [-0.2, -0.15) is 0 Å². The maximum Gasteiger partial charge on any atom is 0.317 e. The third-order valence-electron chi connectivity index (χ3n) is 5.54. The second-order valence-electron chi connectivity index (χ2n) is 7.40. The van der Waals surface area contributed by atoms with Gasteiger partial charge >= 0.3 is 5.97 Å². The van der Waals surface area contributed by atoms with Crippen LogP contribution in [0.1, 0.15) is 24.8 Å². The van der Waals surface area contributed by atoms with Gasteiger partial charge in [0.1, 0.15) is 18.1 Å². The Morgan fingerprint density at radius 3 is 2.89 bits per heavy atom. The highest BCUT2D eigenvalue weighted by Gasteiger charge is 2.31. The number of ether oxygens (including phenoxy) is 2. The SMILES string of the molecule is COc1ccc2c(c1)CC(C(=O)N1CCCC(N(C)CC(=O)O)CC1)CO2. The molecule has 148 valence electrons. The molecule has 1 fully saturated rings. The molecule has 0 bridgehead atoms. The molecule has 1 aromatic carbocycles. The minimum absolute atomic E-state index is 0.0354. The van der Waals surface area contributed by atoms with Gasteiger partial charge in [0.25, 0.3) is 0 Å². The summed E-state index contributed by atoms with van der Waals surface area (Å²) in [6.07, 6.45) is 3.25. The van der Waals surface area contributed by atoms with Gasteiger partial charge in [0.2, 0.25) is 5.91 Å². The van der Waals surface area contributed by atoms with E-state index in [0.717, 1.165) is 42.9 Å². The Hall–Kier alpha value is -2.28. The van der Waals surface area contributed by atoms with E-state index in [1.165, 1.54) is 0 Å². The predicted molar refractivity (Wildman–Crippen MR) is 100 cm³/mol. The van der Waals surface area contributed by atoms with Crippen molar-refractivity contribution in [3.63, 3.8) is 0 Å². The van der Waals surface area contributed by atoms with Gasteiger partial charge in [0.05, 0.1) is 19.6 Å². The lowest BCUT2D eigenvalue weighted by atomic mass is 9.95. The average Bonchev–Trinajstić information content (AvgIpc) is 2.92. The number of benzene rings is 1. The molecule has 0 aromatic heterocycles. The zero-order chi connectivity index (χ0) is 19.4. The monoisotopic (exact) mass is 376 g/mol. The minimum Gasteiger partial charge on any atom is -0.497 e. The largest absolute Gasteiger partial charge is 0.497 e. The van der Waals surface area contributed by atoms with Gasteiger partial charge < -0.3 is 19.5 Å². The smallest absolute Gasteiger partial charge is 0.317 e. The van der Waals surface area contributed by atoms with Crippen LogP contribution in [0.5, 0.6) is 11.5 Å². The number of carbonyl (C=O) groups is 2. The highest BCUT2D eigenvalue weighted by atomic mass is 16.5. The summed E-state index contributed by atoms with van der Waals surface area (Å²) in [7, 11) is 3.47. The predicted octanol–water partition coefficient (Wildman–Crippen LogP) is 1.64. The van der Waals surface area contributed by atoms with E-state index in [9.17, 15) is 9.59 Å². The van der Waals surface area contributed by atoms with Crippen LogP contribution in [0.15, 0.2) is 18.2 Å². The van der Waals surface area contributed by atoms with Crippen LogP contribution in [0.4, 0.5) is 0 Å². The Kier molecular flexibility index (Phi) is 6.21. The molecular weight excluding hydrogens is 348 g/mol. The van der Waals surface area contributed by atoms with E-state index in [1.54, 1.807) is 7.11 Å². The Morgan fingerprint density at radius 1 is 1.33 bits per heavy atom. The Balaban J connectivity index is 1.60. The summed E-state index contributed by atoms with van der Waals surface area (Å²) in [5.74, 6) is 0.724. The van der Waals surface area contributed by atoms with Crippen LogP contribution in [-0.2, 0) is 16.0 Å². The molecule has 1 saturated heterocycles. The number of carboxylic acids is 1. The zero-order valence-electron chi connectivity index (χ0n) is 16.0. The number of hydrogen-bond donors (Lipinski definition) is 1. The summed E-state index contributed by atoms with van der Waals surface area (Å²) in [6.45, 7) is 1.82. The number of carbonyl (C=O) groups excluding carboxylic acids is 1. The number of nitrogens with zero attached hydrogens (tertiary/aromatic N) is 2. The second-order valence-corrected chi connectivity index (χ2v) is 7.40. The first-order valence-corrected chi connectivity index (χ1v) is 9.48. The van der Waals surface area contributed by atoms with Crippen molar-refractivity contribution in [2.45, 2.75) is 31.7 Å². The van der Waals surface area contributed by atoms with Crippen molar-refractivity contribution in [1.82, 2.24) is 9.80 Å². The highest BCUT2D eigenvalue weighted by molar-refractivity contribution is 5.80. The van der Waals surface area contributed by atoms with Crippen molar-refractivity contribution in [3.8, 4) is 11.5 Å². The van der Waals surface area contributed by atoms with E-state index in [4.69, 9.17) is 14.6 Å². The molecule has 0 aliphatic carbocycles. The molecule has 1 N–H and O–H groups in total. The fourth-order valence-corrected chi connectivity index (χ4v) is 4.00. The lowest BCUT2D eigenvalue weighted by Gasteiger charge is -2.30. The standard InChI is InChI=1S/C20H28N2O5/c1-21(12-19(23)24)16-4-3-8-22(9-7-16)20(25)15-10-14-11-17(26-2)5-6-18(14)27-13-15/h5-6,11,15-16H,3-4,7-10,12-13H2,1-2H3,(H,23,24). The molecule has 0 radical (unpaired) electrons. The van der Waals surface area contributed by atoms with Gasteiger partial charge in [-0.15, -0.1) is 0 Å². The first kappa shape index (κ1) is 19.5. The van der Waals surface area contributed by atoms with E-state index >= 15 is 0 Å². The number of rotatable bonds is 5. The quantitative estimate of drug-likeness (QED) is 0.842. The Bertz CT molecular complexity index is 693. The fraction of sp³-hybridized carbons (Fsp3) is 0.600. The summed E-state index contributed by atoms with van der Waals surface area (Å²) >= 11 is 0. The summed E-state index contributed by atoms with van der Waals surface area (Å²) < 4.78 is 11.1. The maximum absolute atomic E-state index is 13.0. The zero-order valence-corrected chi connectivity index (χ0v) is 16.0. The van der Waals surface area contributed by atoms with Gasteiger partial charge in [-0.1, -0.05) is 0 Å². The van der Waals surface area contributed by atoms with Crippen LogP contribution in [0, 0.1) is 5.92 Å². The van der Waals surface area contributed by atoms with E-state index < -0.39 is 5.97 Å². The third kappa shape index (κ3) is 4.71. The van der Waals surface area contributed by atoms with Crippen molar-refractivity contribution in [2.24, 2.45) is 5.92 Å². The summed E-state index contributed by atoms with van der Waals surface area (Å²) in [5.41, 5.74) is 1.01. The molecule has 1 amide bonds. The van der Waals surface area contributed by atoms with Crippen molar-refractivity contribution in [1.29, 1.82) is 0 Å². The normalized spacial score (nSPS) is 22.6. The lowest BCUT2D eigenvalue weighted by Crippen LogP contribution is -2.42. The topological polar surface area (TPSA) is 79.3 Å². The van der Waals surface area contributed by atoms with Crippen molar-refractivity contribution in [2.75, 3.05) is 40.4 Å². The number of likely N-dealkylation sites (tertiary alicyclic amines) is 1. The van der Waals surface area contributed by atoms with Crippen LogP contribution in [0.2, 0.25) is 0 Å². The van der Waals surface area contributed by atoms with Gasteiger partial charge in [-0.05, 0) is 56.5 Å². The minimum atomic E-state index is -0.817. The van der Waals surface area contributed by atoms with Gasteiger partial charge in [-0.25, -0.2) is 0 Å². The van der Waals surface area contributed by atoms with Gasteiger partial charge in [-0.3, -0.25) is 14.5 Å². The number of aliphatic carboxylic acids is 1. The molecule has 0 saturated carbocycles. The number of carboxylic acid groups (broad SMARTS) is 1. The summed E-state index contributed by atoms with van der Waals surface area (Å²) in [5, 5.41) is 8.98. The number of hydrogen-bond acceptors (Lipinski definition) is 5. The molecule has 1 aromatic rings. The van der Waals surface area contributed by atoms with Gasteiger partial charge in [0.15, 0.2) is 0 Å². The molecule has 2 heterocycles. The number of fused-ring (bicyclic) bond motifs is 1. The second kappa shape index (κ2) is 8.61. The molecule has 2 aliphatic heterocycles. The fourth-order valence-electron chi connectivity index (χ4n) is 4.00. The molecule has 7 nitrogen and oxygen atoms in total. The molecule has 2 aliphatic rings. The van der Waals surface area contributed by atoms with E-state index in [2.05, 4.69) is 0 Å². The van der Waals surface area contributed by atoms with E-state index in [1.807, 2.05) is 35.0 Å². The average molecular weight is 376 g/mol. The van der Waals surface area contributed by atoms with Crippen LogP contribution >= 0.6 is 0 Å². The molecule has 2 atom stereocenters. The molecule has 7 heteroatoms. The number of likely N-dealkylation sites (N-methyl/N-ethyl adjacent to an activating group) is 1. The van der Waals surface area contributed by atoms with Crippen molar-refractivity contribution in [3.05, 3.63) is 23.8 Å². The molecular formula is C20H28N2O5. The van der Waals surface area contributed by atoms with Crippen molar-refractivity contribution >= 4 is 11.9 Å². The Labute approximate surface area is 159 Å². The van der Waals surface area contributed by atoms with Crippen molar-refractivity contribution < 1.29 is 24.2 Å². The number of amides is 1. The Morgan fingerprint density at radius 2 is 2.15 bits per heavy atom.